The fraction of sp³-hybridized carbons (Fsp3) is 0.379. The Kier molecular flexibility index (Phi) is 7.45. The van der Waals surface area contributed by atoms with Crippen molar-refractivity contribution in [3.63, 3.8) is 0 Å². The Morgan fingerprint density at radius 3 is 2.84 bits per heavy atom. The number of ketones is 1. The van der Waals surface area contributed by atoms with Crippen LogP contribution in [-0.2, 0) is 17.9 Å². The van der Waals surface area contributed by atoms with E-state index in [0.717, 1.165) is 66.2 Å². The maximum atomic E-state index is 13.2. The van der Waals surface area contributed by atoms with Crippen LogP contribution < -0.4 is 10.1 Å². The van der Waals surface area contributed by atoms with Gasteiger partial charge in [0.25, 0.3) is 0 Å². The quantitative estimate of drug-likeness (QED) is 0.525. The fourth-order valence-electron chi connectivity index (χ4n) is 5.36. The number of carbonyl (C=O) groups excluding carboxylic acids is 1. The Morgan fingerprint density at radius 1 is 1.11 bits per heavy atom. The summed E-state index contributed by atoms with van der Waals surface area (Å²) in [7, 11) is 3.76. The molecule has 1 fully saturated rings. The molecule has 0 spiro atoms. The monoisotopic (exact) mass is 496 g/mol. The third-order valence-corrected chi connectivity index (χ3v) is 7.13. The molecule has 3 heterocycles. The minimum Gasteiger partial charge on any atom is -0.496 e. The zero-order valence-corrected chi connectivity index (χ0v) is 21.4. The number of hydrogen-bond donors (Lipinski definition) is 1. The molecule has 1 atom stereocenters. The number of methoxy groups -OCH3 is 1. The van der Waals surface area contributed by atoms with Gasteiger partial charge in [0.2, 0.25) is 5.95 Å². The largest absolute Gasteiger partial charge is 0.496 e. The van der Waals surface area contributed by atoms with E-state index in [1.165, 1.54) is 0 Å². The summed E-state index contributed by atoms with van der Waals surface area (Å²) in [6, 6.07) is 15.9. The van der Waals surface area contributed by atoms with Crippen LogP contribution in [0.2, 0.25) is 0 Å². The zero-order chi connectivity index (χ0) is 25.8. The van der Waals surface area contributed by atoms with Gasteiger partial charge in [-0.05, 0) is 87.4 Å². The van der Waals surface area contributed by atoms with Gasteiger partial charge in [-0.3, -0.25) is 9.69 Å². The van der Waals surface area contributed by atoms with Gasteiger partial charge in [0, 0.05) is 42.5 Å². The number of nitrogens with zero attached hydrogens (tertiary/aromatic N) is 5. The van der Waals surface area contributed by atoms with Crippen LogP contribution in [-0.4, -0.2) is 58.8 Å². The minimum absolute atomic E-state index is 0.0636. The van der Waals surface area contributed by atoms with Gasteiger partial charge >= 0.3 is 0 Å². The highest BCUT2D eigenvalue weighted by Gasteiger charge is 2.30. The number of benzene rings is 2. The van der Waals surface area contributed by atoms with Crippen LogP contribution in [0.15, 0.2) is 48.7 Å². The van der Waals surface area contributed by atoms with Crippen molar-refractivity contribution in [1.29, 1.82) is 5.26 Å². The van der Waals surface area contributed by atoms with E-state index >= 15 is 0 Å². The third-order valence-electron chi connectivity index (χ3n) is 7.13. The molecular formula is C29H32N6O2. The summed E-state index contributed by atoms with van der Waals surface area (Å²) in [6.45, 7) is 3.05. The number of nitriles is 1. The second-order valence-corrected chi connectivity index (χ2v) is 9.88. The van der Waals surface area contributed by atoms with E-state index in [1.54, 1.807) is 19.4 Å². The van der Waals surface area contributed by atoms with Gasteiger partial charge < -0.3 is 15.0 Å². The average molecular weight is 497 g/mol. The molecule has 8 nitrogen and oxygen atoms in total. The van der Waals surface area contributed by atoms with E-state index in [0.29, 0.717) is 36.8 Å². The molecule has 0 unspecified atom stereocenters. The van der Waals surface area contributed by atoms with Crippen LogP contribution in [0.3, 0.4) is 0 Å². The van der Waals surface area contributed by atoms with Crippen molar-refractivity contribution in [2.75, 3.05) is 32.6 Å². The first kappa shape index (κ1) is 24.9. The van der Waals surface area contributed by atoms with Gasteiger partial charge in [0.1, 0.15) is 11.5 Å². The number of fused-ring (bicyclic) bond motifs is 8. The summed E-state index contributed by atoms with van der Waals surface area (Å²) in [5.74, 6) is 1.59. The summed E-state index contributed by atoms with van der Waals surface area (Å²) in [5, 5.41) is 12.9. The smallest absolute Gasteiger partial charge is 0.227 e. The molecule has 0 radical (unpaired) electrons. The van der Waals surface area contributed by atoms with E-state index in [2.05, 4.69) is 39.3 Å². The number of Topliss-reactive ketones (excluding diaryl/α,β-unsaturated/α-hetero) is 1. The van der Waals surface area contributed by atoms with Crippen molar-refractivity contribution in [1.82, 2.24) is 19.8 Å². The Morgan fingerprint density at radius 2 is 2.00 bits per heavy atom. The molecule has 2 aliphatic rings. The number of anilines is 2. The highest BCUT2D eigenvalue weighted by atomic mass is 16.5. The topological polar surface area (TPSA) is 94.4 Å². The predicted molar refractivity (Wildman–Crippen MR) is 142 cm³/mol. The Bertz CT molecular complexity index is 1330. The van der Waals surface area contributed by atoms with Crippen molar-refractivity contribution < 1.29 is 9.53 Å². The van der Waals surface area contributed by atoms with Gasteiger partial charge in [0.15, 0.2) is 0 Å². The van der Waals surface area contributed by atoms with Gasteiger partial charge in [0.05, 0.1) is 30.5 Å². The number of carbonyl (C=O) groups is 1. The Hall–Kier alpha value is -3.80. The highest BCUT2D eigenvalue weighted by molar-refractivity contribution is 5.84. The summed E-state index contributed by atoms with van der Waals surface area (Å²) >= 11 is 0. The van der Waals surface area contributed by atoms with Crippen LogP contribution in [0.5, 0.6) is 5.75 Å². The van der Waals surface area contributed by atoms with Crippen molar-refractivity contribution >= 4 is 17.4 Å². The number of hydrogen-bond acceptors (Lipinski definition) is 8. The van der Waals surface area contributed by atoms with E-state index in [-0.39, 0.29) is 6.04 Å². The second-order valence-electron chi connectivity index (χ2n) is 9.88. The second kappa shape index (κ2) is 11.1. The molecule has 0 aliphatic carbocycles. The first-order chi connectivity index (χ1) is 18.0. The lowest BCUT2D eigenvalue weighted by molar-refractivity contribution is -0.123. The van der Waals surface area contributed by atoms with Crippen LogP contribution in [0.4, 0.5) is 11.6 Å². The van der Waals surface area contributed by atoms with Crippen LogP contribution >= 0.6 is 0 Å². The van der Waals surface area contributed by atoms with E-state index in [9.17, 15) is 10.1 Å². The van der Waals surface area contributed by atoms with Gasteiger partial charge in [-0.2, -0.15) is 5.26 Å². The summed E-state index contributed by atoms with van der Waals surface area (Å²) in [5.41, 5.74) is 5.14. The molecule has 0 saturated carbocycles. The average Bonchev–Trinajstić information content (AvgIpc) is 3.36. The molecular weight excluding hydrogens is 464 g/mol. The third kappa shape index (κ3) is 5.79. The summed E-state index contributed by atoms with van der Waals surface area (Å²) in [6.07, 6.45) is 5.02. The Balaban J connectivity index is 1.53. The first-order valence-electron chi connectivity index (χ1n) is 12.8. The van der Waals surface area contributed by atoms with Crippen molar-refractivity contribution in [3.8, 4) is 23.1 Å². The lowest BCUT2D eigenvalue weighted by Crippen LogP contribution is -2.36. The number of aromatic nitrogens is 2. The maximum absolute atomic E-state index is 13.2. The molecule has 1 N–H and O–H groups in total. The molecule has 3 aromatic rings. The van der Waals surface area contributed by atoms with E-state index in [4.69, 9.17) is 9.72 Å². The van der Waals surface area contributed by atoms with Crippen LogP contribution in [0.1, 0.15) is 42.4 Å². The maximum Gasteiger partial charge on any atom is 0.227 e. The van der Waals surface area contributed by atoms with Crippen molar-refractivity contribution in [3.05, 3.63) is 65.4 Å². The van der Waals surface area contributed by atoms with Gasteiger partial charge in [-0.15, -0.1) is 0 Å². The van der Waals surface area contributed by atoms with E-state index in [1.807, 2.05) is 30.3 Å². The van der Waals surface area contributed by atoms with Crippen molar-refractivity contribution in [2.45, 2.75) is 44.8 Å². The highest BCUT2D eigenvalue weighted by Crippen LogP contribution is 2.29. The minimum atomic E-state index is -0.0636. The molecule has 1 saturated heterocycles. The normalized spacial score (nSPS) is 19.1. The molecule has 6 bridgehead atoms. The number of ether oxygens (including phenoxy) is 1. The predicted octanol–water partition coefficient (Wildman–Crippen LogP) is 4.53. The van der Waals surface area contributed by atoms with Crippen LogP contribution in [0.25, 0.3) is 11.3 Å². The molecule has 5 rings (SSSR count). The molecule has 8 heteroatoms. The molecule has 2 aromatic carbocycles. The molecule has 190 valence electrons. The van der Waals surface area contributed by atoms with E-state index < -0.39 is 0 Å². The van der Waals surface area contributed by atoms with Crippen LogP contribution in [0, 0.1) is 11.3 Å². The first-order valence-corrected chi connectivity index (χ1v) is 12.8. The Labute approximate surface area is 217 Å². The standard InChI is InChI=1S/C29H32N6O2/c1-34-11-4-6-27(36)26-5-3-12-35(26)18-21-13-20(17-30)14-24(15-21)32-29-31-10-9-25(33-29)22-7-8-28(37-2)23(16-22)19-34/h7-10,13-16,26H,3-6,11-12,18-19H2,1-2H3,(H,31,32,33)/t26-/m1/s1. The summed E-state index contributed by atoms with van der Waals surface area (Å²) < 4.78 is 5.63. The van der Waals surface area contributed by atoms with Gasteiger partial charge in [-0.25, -0.2) is 9.97 Å². The lowest BCUT2D eigenvalue weighted by atomic mass is 10.0. The number of nitrogens with one attached hydrogen (secondary N) is 1. The lowest BCUT2D eigenvalue weighted by Gasteiger charge is -2.24. The molecule has 2 aliphatic heterocycles. The SMILES string of the molecule is COc1ccc2cc1CN(C)CCCC(=O)[C@H]1CCCN1Cc1cc(C#N)cc(c1)Nc1nccc-2n1. The van der Waals surface area contributed by atoms with Crippen molar-refractivity contribution in [2.24, 2.45) is 0 Å². The molecule has 1 aromatic heterocycles. The molecule has 37 heavy (non-hydrogen) atoms. The molecule has 0 amide bonds. The van der Waals surface area contributed by atoms with Gasteiger partial charge in [-0.1, -0.05) is 0 Å². The zero-order valence-electron chi connectivity index (χ0n) is 21.4. The summed E-state index contributed by atoms with van der Waals surface area (Å²) in [4.78, 5) is 26.8. The fourth-order valence-corrected chi connectivity index (χ4v) is 5.36. The number of rotatable bonds is 1.